The first-order valence-corrected chi connectivity index (χ1v) is 15.2. The fourth-order valence-corrected chi connectivity index (χ4v) is 6.83. The molecule has 0 spiro atoms. The number of hydrogen-bond donors (Lipinski definition) is 3. The molecule has 5 N–H and O–H groups in total. The molecule has 1 aliphatic heterocycles. The van der Waals surface area contributed by atoms with Crippen LogP contribution >= 0.6 is 7.60 Å². The number of anilines is 1. The third-order valence-corrected chi connectivity index (χ3v) is 9.79. The van der Waals surface area contributed by atoms with Crippen LogP contribution in [-0.4, -0.2) is 61.7 Å². The number of nitriles is 1. The maximum atomic E-state index is 13.1. The highest BCUT2D eigenvalue weighted by molar-refractivity contribution is 7.62. The van der Waals surface area contributed by atoms with Gasteiger partial charge in [-0.25, -0.2) is 0 Å². The van der Waals surface area contributed by atoms with E-state index in [0.29, 0.717) is 36.7 Å². The largest absolute Gasteiger partial charge is 0.404 e. The van der Waals surface area contributed by atoms with Crippen LogP contribution in [0.15, 0.2) is 41.0 Å². The van der Waals surface area contributed by atoms with Crippen molar-refractivity contribution in [3.63, 3.8) is 0 Å². The Morgan fingerprint density at radius 3 is 2.27 bits per heavy atom. The molecule has 1 saturated carbocycles. The fraction of sp³-hybridized carbons (Fsp3) is 0.593. The first-order valence-electron chi connectivity index (χ1n) is 13.6. The van der Waals surface area contributed by atoms with E-state index in [0.717, 1.165) is 6.20 Å². The summed E-state index contributed by atoms with van der Waals surface area (Å²) in [5.74, 6) is -1.97. The molecule has 10 nitrogen and oxygen atoms in total. The van der Waals surface area contributed by atoms with E-state index in [2.05, 4.69) is 16.4 Å². The van der Waals surface area contributed by atoms with Gasteiger partial charge in [-0.15, -0.1) is 0 Å². The third-order valence-electron chi connectivity index (χ3n) is 7.66. The third kappa shape index (κ3) is 8.10. The zero-order valence-corrected chi connectivity index (χ0v) is 24.2. The van der Waals surface area contributed by atoms with Crippen LogP contribution in [0, 0.1) is 22.7 Å². The summed E-state index contributed by atoms with van der Waals surface area (Å²) in [7, 11) is -3.49. The number of alkyl halides is 3. The van der Waals surface area contributed by atoms with Crippen LogP contribution in [0.1, 0.15) is 46.0 Å². The maximum absolute atomic E-state index is 13.1. The monoisotopic (exact) mass is 598 g/mol. The minimum Gasteiger partial charge on any atom is -0.404 e. The van der Waals surface area contributed by atoms with Crippen molar-refractivity contribution in [1.29, 1.82) is 5.26 Å². The number of benzene rings is 1. The topological polar surface area (TPSA) is 156 Å². The molecular formula is C27H38F3N6O4P. The van der Waals surface area contributed by atoms with Crippen molar-refractivity contribution in [2.75, 3.05) is 38.2 Å². The average molecular weight is 599 g/mol. The quantitative estimate of drug-likeness (QED) is 0.141. The summed E-state index contributed by atoms with van der Waals surface area (Å²) in [4.78, 5) is 18.7. The Hall–Kier alpha value is -2.91. The number of nitrogens with zero attached hydrogens (tertiary/aromatic N) is 3. The van der Waals surface area contributed by atoms with Gasteiger partial charge in [0.15, 0.2) is 0 Å². The Balaban J connectivity index is 1.76. The van der Waals surface area contributed by atoms with Crippen molar-refractivity contribution in [2.24, 2.45) is 27.8 Å². The fourth-order valence-electron chi connectivity index (χ4n) is 5.26. The summed E-state index contributed by atoms with van der Waals surface area (Å²) in [6.07, 6.45) is -0.398. The van der Waals surface area contributed by atoms with Gasteiger partial charge < -0.3 is 25.8 Å². The minimum atomic E-state index is -4.17. The number of nitrogens with one attached hydrogen (secondary N) is 1. The SMILES string of the molecule is CCOP(=O)(OCC)c1ccc(NC(=N/C[C@]2(CC#N)CC[C@@H](N3CC(C(F)(F)F)C3)CC2)/C(=C\N)C(N)=O)cc1. The molecule has 1 amide bonds. The molecule has 1 saturated heterocycles. The van der Waals surface area contributed by atoms with Gasteiger partial charge in [-0.1, -0.05) is 0 Å². The van der Waals surface area contributed by atoms with E-state index in [1.165, 1.54) is 0 Å². The maximum Gasteiger partial charge on any atom is 0.394 e. The van der Waals surface area contributed by atoms with Crippen molar-refractivity contribution in [3.8, 4) is 6.07 Å². The Morgan fingerprint density at radius 1 is 1.22 bits per heavy atom. The Morgan fingerprint density at radius 2 is 1.80 bits per heavy atom. The molecular weight excluding hydrogens is 560 g/mol. The standard InChI is InChI=1S/C27H38F3N6O4P/c1-3-39-41(38,40-4-2)22-7-5-20(6-8-22)35-25(23(15-32)24(33)37)34-18-26(13-14-31)11-9-21(10-12-26)36-16-19(17-36)27(28,29)30/h5-8,15,19,21H,3-4,9-13,16-18,32H2,1-2H3,(H2,33,37)(H,34,35)/b23-15-/t21-,26-. The zero-order valence-electron chi connectivity index (χ0n) is 23.3. The number of nitrogens with two attached hydrogens (primary N) is 2. The number of carbonyl (C=O) groups is 1. The van der Waals surface area contributed by atoms with Crippen LogP contribution in [0.3, 0.4) is 0 Å². The van der Waals surface area contributed by atoms with Crippen LogP contribution in [0.2, 0.25) is 0 Å². The predicted octanol–water partition coefficient (Wildman–Crippen LogP) is 4.05. The molecule has 1 heterocycles. The van der Waals surface area contributed by atoms with E-state index in [-0.39, 0.29) is 56.7 Å². The van der Waals surface area contributed by atoms with Crippen LogP contribution in [0.4, 0.5) is 18.9 Å². The number of primary amides is 1. The smallest absolute Gasteiger partial charge is 0.394 e. The van der Waals surface area contributed by atoms with Crippen molar-refractivity contribution in [1.82, 2.24) is 4.90 Å². The van der Waals surface area contributed by atoms with Crippen molar-refractivity contribution >= 4 is 30.3 Å². The van der Waals surface area contributed by atoms with Gasteiger partial charge in [-0.3, -0.25) is 19.3 Å². The number of carbonyl (C=O) groups excluding carboxylic acids is 1. The average Bonchev–Trinajstić information content (AvgIpc) is 2.88. The molecule has 0 aromatic heterocycles. The first-order chi connectivity index (χ1) is 19.4. The van der Waals surface area contributed by atoms with Gasteiger partial charge >= 0.3 is 13.8 Å². The summed E-state index contributed by atoms with van der Waals surface area (Å²) in [6.45, 7) is 4.05. The van der Waals surface area contributed by atoms with Crippen molar-refractivity contribution < 1.29 is 31.6 Å². The summed E-state index contributed by atoms with van der Waals surface area (Å²) in [5, 5.41) is 13.0. The van der Waals surface area contributed by atoms with E-state index < -0.39 is 31.0 Å². The lowest BCUT2D eigenvalue weighted by molar-refractivity contribution is -0.215. The second-order valence-electron chi connectivity index (χ2n) is 10.4. The predicted molar refractivity (Wildman–Crippen MR) is 150 cm³/mol. The molecule has 3 rings (SSSR count). The summed E-state index contributed by atoms with van der Waals surface area (Å²) in [6, 6.07) is 8.68. The summed E-state index contributed by atoms with van der Waals surface area (Å²) in [5.41, 5.74) is 11.2. The van der Waals surface area contributed by atoms with Gasteiger partial charge in [-0.05, 0) is 63.8 Å². The normalized spacial score (nSPS) is 23.1. The number of amides is 1. The second-order valence-corrected chi connectivity index (χ2v) is 12.4. The lowest BCUT2D eigenvalue weighted by Gasteiger charge is -2.49. The van der Waals surface area contributed by atoms with Crippen LogP contribution < -0.4 is 22.1 Å². The molecule has 0 radical (unpaired) electrons. The van der Waals surface area contributed by atoms with Crippen LogP contribution in [0.25, 0.3) is 0 Å². The molecule has 1 aliphatic carbocycles. The van der Waals surface area contributed by atoms with Gasteiger partial charge in [0.05, 0.1) is 36.1 Å². The van der Waals surface area contributed by atoms with E-state index in [1.807, 2.05) is 4.90 Å². The van der Waals surface area contributed by atoms with Crippen molar-refractivity contribution in [2.45, 2.75) is 58.2 Å². The van der Waals surface area contributed by atoms with Crippen LogP contribution in [0.5, 0.6) is 0 Å². The van der Waals surface area contributed by atoms with E-state index in [4.69, 9.17) is 20.5 Å². The number of halogens is 3. The van der Waals surface area contributed by atoms with Crippen LogP contribution in [-0.2, 0) is 18.4 Å². The van der Waals surface area contributed by atoms with Gasteiger partial charge in [0.25, 0.3) is 5.91 Å². The summed E-state index contributed by atoms with van der Waals surface area (Å²) < 4.78 is 62.6. The lowest BCUT2D eigenvalue weighted by atomic mass is 9.70. The number of amidine groups is 1. The Bertz CT molecular complexity index is 1190. The number of likely N-dealkylation sites (tertiary alicyclic amines) is 1. The molecule has 14 heteroatoms. The molecule has 0 unspecified atom stereocenters. The van der Waals surface area contributed by atoms with E-state index >= 15 is 0 Å². The van der Waals surface area contributed by atoms with Gasteiger partial charge in [0.2, 0.25) is 0 Å². The Kier molecular flexibility index (Phi) is 11.0. The summed E-state index contributed by atoms with van der Waals surface area (Å²) >= 11 is 0. The first kappa shape index (κ1) is 32.6. The van der Waals surface area contributed by atoms with E-state index in [9.17, 15) is 27.8 Å². The molecule has 2 fully saturated rings. The molecule has 41 heavy (non-hydrogen) atoms. The lowest BCUT2D eigenvalue weighted by Crippen LogP contribution is -2.58. The Labute approximate surface area is 238 Å². The van der Waals surface area contributed by atoms with Gasteiger partial charge in [0, 0.05) is 49.4 Å². The number of hydrogen-bond acceptors (Lipinski definition) is 8. The molecule has 0 atom stereocenters. The highest BCUT2D eigenvalue weighted by atomic mass is 31.2. The number of rotatable bonds is 12. The van der Waals surface area contributed by atoms with Gasteiger partial charge in [0.1, 0.15) is 5.84 Å². The number of aliphatic imine (C=N–C) groups is 1. The van der Waals surface area contributed by atoms with Gasteiger partial charge in [-0.2, -0.15) is 18.4 Å². The molecule has 2 aliphatic rings. The molecule has 1 aromatic carbocycles. The molecule has 1 aromatic rings. The minimum absolute atomic E-state index is 0.0122. The highest BCUT2D eigenvalue weighted by Crippen LogP contribution is 2.47. The van der Waals surface area contributed by atoms with E-state index in [1.54, 1.807) is 38.1 Å². The molecule has 226 valence electrons. The molecule has 0 bridgehead atoms. The van der Waals surface area contributed by atoms with Crippen molar-refractivity contribution in [3.05, 3.63) is 36.0 Å². The zero-order chi connectivity index (χ0) is 30.3. The highest BCUT2D eigenvalue weighted by Gasteiger charge is 2.49. The second kappa shape index (κ2) is 13.8.